The molecule has 2 aliphatic rings. The molecule has 0 saturated carbocycles. The zero-order valence-corrected chi connectivity index (χ0v) is 17.6. The molecule has 0 aromatic heterocycles. The molecule has 2 aromatic rings. The fraction of sp³-hybridized carbons (Fsp3) is 0.417. The van der Waals surface area contributed by atoms with Gasteiger partial charge >= 0.3 is 0 Å². The average Bonchev–Trinajstić information content (AvgIpc) is 3.18. The molecule has 5 heteroatoms. The second-order valence-corrected chi connectivity index (χ2v) is 8.65. The number of fused-ring (bicyclic) bond motifs is 3. The molecule has 2 amide bonds. The third-order valence-electron chi connectivity index (χ3n) is 5.99. The maximum Gasteiger partial charge on any atom is 0.255 e. The molecular weight excluding hydrogens is 362 g/mol. The second-order valence-electron chi connectivity index (χ2n) is 8.65. The fourth-order valence-corrected chi connectivity index (χ4v) is 4.45. The summed E-state index contributed by atoms with van der Waals surface area (Å²) in [6, 6.07) is 11.7. The number of rotatable bonds is 4. The summed E-state index contributed by atoms with van der Waals surface area (Å²) in [6.45, 7) is 9.42. The number of amides is 2. The van der Waals surface area contributed by atoms with E-state index < -0.39 is 0 Å². The Balaban J connectivity index is 1.66. The van der Waals surface area contributed by atoms with Crippen molar-refractivity contribution in [3.05, 3.63) is 53.1 Å². The van der Waals surface area contributed by atoms with Gasteiger partial charge in [-0.25, -0.2) is 0 Å². The van der Waals surface area contributed by atoms with Crippen molar-refractivity contribution < 1.29 is 9.59 Å². The molecule has 4 rings (SSSR count). The Morgan fingerprint density at radius 1 is 1.10 bits per heavy atom. The summed E-state index contributed by atoms with van der Waals surface area (Å²) < 4.78 is 0. The Bertz CT molecular complexity index is 938. The van der Waals surface area contributed by atoms with Crippen LogP contribution in [0.3, 0.4) is 0 Å². The molecule has 0 bridgehead atoms. The molecule has 0 radical (unpaired) electrons. The van der Waals surface area contributed by atoms with Crippen LogP contribution in [0.1, 0.15) is 73.9 Å². The van der Waals surface area contributed by atoms with Gasteiger partial charge in [-0.3, -0.25) is 9.59 Å². The number of anilines is 3. The standard InChI is InChI=1S/C24H29N3O2/c1-14(2)17-7-5-8-18(15(3)4)22(17)26-23(28)16-10-11-20-19(13-16)25-24(29)21-9-6-12-27(20)21/h5,7-8,10-11,13-15,21H,6,9,12H2,1-4H3,(H,25,29)(H,26,28)/t21-/m1/s1. The summed E-state index contributed by atoms with van der Waals surface area (Å²) in [5.41, 5.74) is 5.46. The van der Waals surface area contributed by atoms with Gasteiger partial charge in [0.1, 0.15) is 6.04 Å². The van der Waals surface area contributed by atoms with Crippen LogP contribution in [0.4, 0.5) is 17.1 Å². The van der Waals surface area contributed by atoms with Gasteiger partial charge < -0.3 is 15.5 Å². The van der Waals surface area contributed by atoms with E-state index in [0.717, 1.165) is 47.6 Å². The number of hydrogen-bond acceptors (Lipinski definition) is 3. The zero-order chi connectivity index (χ0) is 20.7. The summed E-state index contributed by atoms with van der Waals surface area (Å²) in [6.07, 6.45) is 1.90. The van der Waals surface area contributed by atoms with E-state index in [2.05, 4.69) is 61.4 Å². The number of nitrogens with one attached hydrogen (secondary N) is 2. The number of carbonyl (C=O) groups is 2. The van der Waals surface area contributed by atoms with Crippen molar-refractivity contribution in [1.82, 2.24) is 0 Å². The van der Waals surface area contributed by atoms with Crippen molar-refractivity contribution in [2.45, 2.75) is 58.4 Å². The molecule has 29 heavy (non-hydrogen) atoms. The van der Waals surface area contributed by atoms with Gasteiger partial charge in [-0.2, -0.15) is 0 Å². The highest BCUT2D eigenvalue weighted by atomic mass is 16.2. The minimum absolute atomic E-state index is 0.0276. The van der Waals surface area contributed by atoms with Crippen LogP contribution in [0.25, 0.3) is 0 Å². The molecular formula is C24H29N3O2. The van der Waals surface area contributed by atoms with Crippen molar-refractivity contribution in [3.63, 3.8) is 0 Å². The minimum atomic E-state index is -0.152. The summed E-state index contributed by atoms with van der Waals surface area (Å²) >= 11 is 0. The lowest BCUT2D eigenvalue weighted by molar-refractivity contribution is -0.117. The molecule has 152 valence electrons. The lowest BCUT2D eigenvalue weighted by Gasteiger charge is -2.33. The number of para-hydroxylation sites is 1. The Morgan fingerprint density at radius 3 is 2.45 bits per heavy atom. The third kappa shape index (κ3) is 3.50. The quantitative estimate of drug-likeness (QED) is 0.762. The van der Waals surface area contributed by atoms with Crippen molar-refractivity contribution in [3.8, 4) is 0 Å². The zero-order valence-electron chi connectivity index (χ0n) is 17.6. The Labute approximate surface area is 172 Å². The lowest BCUT2D eigenvalue weighted by atomic mass is 9.92. The van der Waals surface area contributed by atoms with Crippen LogP contribution in [0, 0.1) is 0 Å². The van der Waals surface area contributed by atoms with Crippen LogP contribution in [0.15, 0.2) is 36.4 Å². The summed E-state index contributed by atoms with van der Waals surface area (Å²) in [4.78, 5) is 27.7. The molecule has 1 fully saturated rings. The molecule has 1 saturated heterocycles. The van der Waals surface area contributed by atoms with Crippen LogP contribution in [-0.2, 0) is 4.79 Å². The first-order valence-electron chi connectivity index (χ1n) is 10.5. The first kappa shape index (κ1) is 19.5. The highest BCUT2D eigenvalue weighted by Gasteiger charge is 2.36. The molecule has 1 atom stereocenters. The number of benzene rings is 2. The SMILES string of the molecule is CC(C)c1cccc(C(C)C)c1NC(=O)c1ccc2c(c1)NC(=O)[C@H]1CCCN21. The first-order chi connectivity index (χ1) is 13.9. The van der Waals surface area contributed by atoms with E-state index in [0.29, 0.717) is 17.4 Å². The number of carbonyl (C=O) groups excluding carboxylic acids is 2. The third-order valence-corrected chi connectivity index (χ3v) is 5.99. The van der Waals surface area contributed by atoms with Crippen molar-refractivity contribution in [1.29, 1.82) is 0 Å². The first-order valence-corrected chi connectivity index (χ1v) is 10.5. The average molecular weight is 392 g/mol. The lowest BCUT2D eigenvalue weighted by Crippen LogP contribution is -2.43. The minimum Gasteiger partial charge on any atom is -0.358 e. The monoisotopic (exact) mass is 391 g/mol. The van der Waals surface area contributed by atoms with Crippen LogP contribution in [0.2, 0.25) is 0 Å². The van der Waals surface area contributed by atoms with Crippen molar-refractivity contribution in [2.24, 2.45) is 0 Å². The fourth-order valence-electron chi connectivity index (χ4n) is 4.45. The van der Waals surface area contributed by atoms with Crippen molar-refractivity contribution >= 4 is 28.9 Å². The van der Waals surface area contributed by atoms with E-state index in [1.807, 2.05) is 12.1 Å². The highest BCUT2D eigenvalue weighted by molar-refractivity contribution is 6.09. The normalized spacial score (nSPS) is 17.9. The smallest absolute Gasteiger partial charge is 0.255 e. The number of nitrogens with zero attached hydrogens (tertiary/aromatic N) is 1. The summed E-state index contributed by atoms with van der Waals surface area (Å²) in [5, 5.41) is 6.15. The predicted octanol–water partition coefficient (Wildman–Crippen LogP) is 5.11. The van der Waals surface area contributed by atoms with Gasteiger partial charge in [-0.05, 0) is 54.0 Å². The van der Waals surface area contributed by atoms with Crippen LogP contribution in [0.5, 0.6) is 0 Å². The Kier molecular flexibility index (Phi) is 5.07. The number of hydrogen-bond donors (Lipinski definition) is 2. The van der Waals surface area contributed by atoms with Gasteiger partial charge in [-0.1, -0.05) is 45.9 Å². The van der Waals surface area contributed by atoms with Crippen LogP contribution < -0.4 is 15.5 Å². The van der Waals surface area contributed by atoms with Gasteiger partial charge in [-0.15, -0.1) is 0 Å². The molecule has 2 aromatic carbocycles. The predicted molar refractivity (Wildman–Crippen MR) is 118 cm³/mol. The molecule has 0 spiro atoms. The maximum absolute atomic E-state index is 13.1. The van der Waals surface area contributed by atoms with Gasteiger partial charge in [0, 0.05) is 17.8 Å². The summed E-state index contributed by atoms with van der Waals surface area (Å²) in [7, 11) is 0. The Morgan fingerprint density at radius 2 is 1.79 bits per heavy atom. The van der Waals surface area contributed by atoms with Gasteiger partial charge in [0.15, 0.2) is 0 Å². The van der Waals surface area contributed by atoms with Crippen LogP contribution >= 0.6 is 0 Å². The molecule has 2 N–H and O–H groups in total. The Hall–Kier alpha value is -2.82. The molecule has 0 aliphatic carbocycles. The van der Waals surface area contributed by atoms with E-state index in [4.69, 9.17) is 0 Å². The maximum atomic E-state index is 13.1. The molecule has 0 unspecified atom stereocenters. The van der Waals surface area contributed by atoms with Gasteiger partial charge in [0.25, 0.3) is 5.91 Å². The van der Waals surface area contributed by atoms with E-state index >= 15 is 0 Å². The molecule has 2 aliphatic heterocycles. The molecule has 5 nitrogen and oxygen atoms in total. The van der Waals surface area contributed by atoms with E-state index in [1.165, 1.54) is 0 Å². The second kappa shape index (κ2) is 7.54. The van der Waals surface area contributed by atoms with E-state index in [9.17, 15) is 9.59 Å². The topological polar surface area (TPSA) is 61.4 Å². The van der Waals surface area contributed by atoms with Gasteiger partial charge in [0.2, 0.25) is 5.91 Å². The van der Waals surface area contributed by atoms with E-state index in [-0.39, 0.29) is 17.9 Å². The van der Waals surface area contributed by atoms with E-state index in [1.54, 1.807) is 6.07 Å². The van der Waals surface area contributed by atoms with Crippen molar-refractivity contribution in [2.75, 3.05) is 22.1 Å². The highest BCUT2D eigenvalue weighted by Crippen LogP contribution is 2.38. The largest absolute Gasteiger partial charge is 0.358 e. The van der Waals surface area contributed by atoms with Gasteiger partial charge in [0.05, 0.1) is 11.4 Å². The van der Waals surface area contributed by atoms with Crippen LogP contribution in [-0.4, -0.2) is 24.4 Å². The molecule has 2 heterocycles. The summed E-state index contributed by atoms with van der Waals surface area (Å²) in [5.74, 6) is 0.484.